The first kappa shape index (κ1) is 12.9. The van der Waals surface area contributed by atoms with Crippen molar-refractivity contribution in [2.75, 3.05) is 13.1 Å². The van der Waals surface area contributed by atoms with Gasteiger partial charge in [-0.1, -0.05) is 13.8 Å². The highest BCUT2D eigenvalue weighted by molar-refractivity contribution is 5.94. The smallest absolute Gasteiger partial charge is 0.253 e. The molecule has 1 heterocycles. The molecule has 0 aromatic heterocycles. The van der Waals surface area contributed by atoms with Crippen LogP contribution >= 0.6 is 0 Å². The Balaban J connectivity index is 2.17. The Morgan fingerprint density at radius 1 is 1.50 bits per heavy atom. The lowest BCUT2D eigenvalue weighted by atomic mass is 9.99. The maximum Gasteiger partial charge on any atom is 0.253 e. The molecule has 0 bridgehead atoms. The summed E-state index contributed by atoms with van der Waals surface area (Å²) in [5, 5.41) is 9.64. The molecule has 1 aromatic carbocycles. The van der Waals surface area contributed by atoms with E-state index in [-0.39, 0.29) is 11.7 Å². The second kappa shape index (κ2) is 5.42. The van der Waals surface area contributed by atoms with Crippen LogP contribution in [-0.4, -0.2) is 29.0 Å². The molecule has 0 aliphatic carbocycles. The van der Waals surface area contributed by atoms with Crippen molar-refractivity contribution < 1.29 is 9.90 Å². The average molecular weight is 247 g/mol. The predicted octanol–water partition coefficient (Wildman–Crippen LogP) is 2.83. The van der Waals surface area contributed by atoms with Crippen LogP contribution in [0, 0.1) is 5.92 Å². The topological polar surface area (TPSA) is 40.5 Å². The van der Waals surface area contributed by atoms with Gasteiger partial charge in [0.05, 0.1) is 0 Å². The van der Waals surface area contributed by atoms with E-state index in [2.05, 4.69) is 6.92 Å². The summed E-state index contributed by atoms with van der Waals surface area (Å²) in [6.45, 7) is 5.87. The number of benzene rings is 1. The van der Waals surface area contributed by atoms with E-state index in [0.29, 0.717) is 11.5 Å². The fraction of sp³-hybridized carbons (Fsp3) is 0.533. The van der Waals surface area contributed by atoms with Crippen LogP contribution in [0.5, 0.6) is 5.75 Å². The van der Waals surface area contributed by atoms with Gasteiger partial charge in [-0.25, -0.2) is 0 Å². The average Bonchev–Trinajstić information content (AvgIpc) is 2.38. The Bertz CT molecular complexity index is 442. The van der Waals surface area contributed by atoms with Crippen LogP contribution in [0.1, 0.15) is 42.6 Å². The number of aromatic hydroxyl groups is 1. The number of likely N-dealkylation sites (tertiary alicyclic amines) is 1. The Morgan fingerprint density at radius 3 is 2.94 bits per heavy atom. The second-order valence-corrected chi connectivity index (χ2v) is 5.20. The van der Waals surface area contributed by atoms with Crippen molar-refractivity contribution in [3.05, 3.63) is 29.3 Å². The van der Waals surface area contributed by atoms with Crippen LogP contribution in [0.15, 0.2) is 18.2 Å². The molecule has 3 heteroatoms. The monoisotopic (exact) mass is 247 g/mol. The van der Waals surface area contributed by atoms with Crippen LogP contribution in [0.3, 0.4) is 0 Å². The molecule has 1 N–H and O–H groups in total. The van der Waals surface area contributed by atoms with Gasteiger partial charge in [0, 0.05) is 18.7 Å². The minimum absolute atomic E-state index is 0.0938. The first-order valence-corrected chi connectivity index (χ1v) is 6.73. The molecule has 1 aliphatic rings. The zero-order chi connectivity index (χ0) is 13.1. The highest BCUT2D eigenvalue weighted by Crippen LogP contribution is 2.22. The zero-order valence-electron chi connectivity index (χ0n) is 11.1. The number of rotatable bonds is 2. The van der Waals surface area contributed by atoms with Gasteiger partial charge in [0.2, 0.25) is 0 Å². The number of aryl methyl sites for hydroxylation is 1. The second-order valence-electron chi connectivity index (χ2n) is 5.20. The number of nitrogens with zero attached hydrogens (tertiary/aromatic N) is 1. The van der Waals surface area contributed by atoms with Crippen molar-refractivity contribution in [2.24, 2.45) is 5.92 Å². The summed E-state index contributed by atoms with van der Waals surface area (Å²) in [5.41, 5.74) is 1.53. The molecular weight excluding hydrogens is 226 g/mol. The third-order valence-corrected chi connectivity index (χ3v) is 3.65. The Hall–Kier alpha value is -1.51. The van der Waals surface area contributed by atoms with Gasteiger partial charge in [-0.15, -0.1) is 0 Å². The maximum atomic E-state index is 12.4. The number of hydrogen-bond acceptors (Lipinski definition) is 2. The van der Waals surface area contributed by atoms with Gasteiger partial charge in [0.1, 0.15) is 5.75 Å². The van der Waals surface area contributed by atoms with Crippen LogP contribution in [0.4, 0.5) is 0 Å². The van der Waals surface area contributed by atoms with E-state index in [4.69, 9.17) is 0 Å². The number of piperidine rings is 1. The van der Waals surface area contributed by atoms with Crippen LogP contribution in [0.25, 0.3) is 0 Å². The van der Waals surface area contributed by atoms with Crippen molar-refractivity contribution in [2.45, 2.75) is 33.1 Å². The molecule has 0 saturated carbocycles. The van der Waals surface area contributed by atoms with Crippen molar-refractivity contribution in [3.63, 3.8) is 0 Å². The van der Waals surface area contributed by atoms with Gasteiger partial charge in [0.15, 0.2) is 0 Å². The summed E-state index contributed by atoms with van der Waals surface area (Å²) < 4.78 is 0. The van der Waals surface area contributed by atoms with E-state index < -0.39 is 0 Å². The highest BCUT2D eigenvalue weighted by Gasteiger charge is 2.22. The Labute approximate surface area is 108 Å². The summed E-state index contributed by atoms with van der Waals surface area (Å²) in [7, 11) is 0. The van der Waals surface area contributed by atoms with Gasteiger partial charge in [-0.3, -0.25) is 4.79 Å². The molecule has 1 fully saturated rings. The molecule has 1 aromatic rings. The van der Waals surface area contributed by atoms with E-state index in [1.54, 1.807) is 12.1 Å². The summed E-state index contributed by atoms with van der Waals surface area (Å²) in [6, 6.07) is 5.16. The first-order chi connectivity index (χ1) is 8.61. The summed E-state index contributed by atoms with van der Waals surface area (Å²) in [6.07, 6.45) is 3.04. The number of phenolic OH excluding ortho intramolecular Hbond substituents is 1. The van der Waals surface area contributed by atoms with Crippen LogP contribution in [0.2, 0.25) is 0 Å². The van der Waals surface area contributed by atoms with Crippen molar-refractivity contribution >= 4 is 5.91 Å². The quantitative estimate of drug-likeness (QED) is 0.873. The fourth-order valence-corrected chi connectivity index (χ4v) is 2.56. The molecule has 0 spiro atoms. The third-order valence-electron chi connectivity index (χ3n) is 3.65. The minimum Gasteiger partial charge on any atom is -0.508 e. The molecule has 98 valence electrons. The number of phenols is 1. The van der Waals surface area contributed by atoms with Crippen LogP contribution in [-0.2, 0) is 6.42 Å². The SMILES string of the molecule is CCc1cc(C(=O)N2CCCC(C)C2)ccc1O. The molecule has 2 rings (SSSR count). The molecule has 1 amide bonds. The molecule has 1 saturated heterocycles. The molecule has 18 heavy (non-hydrogen) atoms. The molecule has 1 unspecified atom stereocenters. The van der Waals surface area contributed by atoms with E-state index in [0.717, 1.165) is 31.5 Å². The maximum absolute atomic E-state index is 12.4. The van der Waals surface area contributed by atoms with Gasteiger partial charge in [0.25, 0.3) is 5.91 Å². The first-order valence-electron chi connectivity index (χ1n) is 6.73. The molecule has 0 radical (unpaired) electrons. The highest BCUT2D eigenvalue weighted by atomic mass is 16.3. The van der Waals surface area contributed by atoms with E-state index >= 15 is 0 Å². The van der Waals surface area contributed by atoms with E-state index in [1.165, 1.54) is 6.42 Å². The normalized spacial score (nSPS) is 19.9. The lowest BCUT2D eigenvalue weighted by molar-refractivity contribution is 0.0683. The lowest BCUT2D eigenvalue weighted by Gasteiger charge is -2.31. The molecule has 1 atom stereocenters. The minimum atomic E-state index is 0.0938. The summed E-state index contributed by atoms with van der Waals surface area (Å²) in [5.74, 6) is 0.961. The number of carbonyl (C=O) groups is 1. The van der Waals surface area contributed by atoms with Gasteiger partial charge >= 0.3 is 0 Å². The molecular formula is C15H21NO2. The van der Waals surface area contributed by atoms with Gasteiger partial charge < -0.3 is 10.0 Å². The van der Waals surface area contributed by atoms with Crippen molar-refractivity contribution in [3.8, 4) is 5.75 Å². The number of carbonyl (C=O) groups excluding carboxylic acids is 1. The van der Waals surface area contributed by atoms with E-state index in [1.807, 2.05) is 17.9 Å². The van der Waals surface area contributed by atoms with Gasteiger partial charge in [-0.2, -0.15) is 0 Å². The van der Waals surface area contributed by atoms with Crippen molar-refractivity contribution in [1.82, 2.24) is 4.90 Å². The van der Waals surface area contributed by atoms with Gasteiger partial charge in [-0.05, 0) is 48.9 Å². The van der Waals surface area contributed by atoms with Crippen molar-refractivity contribution in [1.29, 1.82) is 0 Å². The third kappa shape index (κ3) is 2.66. The molecule has 1 aliphatic heterocycles. The zero-order valence-corrected chi connectivity index (χ0v) is 11.1. The fourth-order valence-electron chi connectivity index (χ4n) is 2.56. The van der Waals surface area contributed by atoms with E-state index in [9.17, 15) is 9.90 Å². The number of amides is 1. The summed E-state index contributed by atoms with van der Waals surface area (Å²) >= 11 is 0. The lowest BCUT2D eigenvalue weighted by Crippen LogP contribution is -2.39. The Kier molecular flexibility index (Phi) is 3.90. The predicted molar refractivity (Wildman–Crippen MR) is 71.8 cm³/mol. The molecule has 3 nitrogen and oxygen atoms in total. The Morgan fingerprint density at radius 2 is 2.28 bits per heavy atom. The van der Waals surface area contributed by atoms with Crippen LogP contribution < -0.4 is 0 Å². The standard InChI is InChI=1S/C15H21NO2/c1-3-12-9-13(6-7-14(12)17)15(18)16-8-4-5-11(2)10-16/h6-7,9,11,17H,3-5,8,10H2,1-2H3. The number of hydrogen-bond donors (Lipinski definition) is 1. The largest absolute Gasteiger partial charge is 0.508 e. The summed E-state index contributed by atoms with van der Waals surface area (Å²) in [4.78, 5) is 14.3.